The number of hydrogen-bond donors (Lipinski definition) is 2. The number of aromatic nitrogens is 2. The Morgan fingerprint density at radius 1 is 1.40 bits per heavy atom. The number of halogens is 1. The second-order valence-corrected chi connectivity index (χ2v) is 4.68. The highest BCUT2D eigenvalue weighted by molar-refractivity contribution is 6.30. The Bertz CT molecular complexity index is 778. The van der Waals surface area contributed by atoms with E-state index >= 15 is 0 Å². The van der Waals surface area contributed by atoms with Crippen molar-refractivity contribution in [1.29, 1.82) is 0 Å². The number of rotatable bonds is 3. The van der Waals surface area contributed by atoms with E-state index in [-0.39, 0.29) is 0 Å². The number of benzene rings is 1. The summed E-state index contributed by atoms with van der Waals surface area (Å²) in [5.74, 6) is -1.39. The number of H-pyrrole nitrogens is 1. The van der Waals surface area contributed by atoms with E-state index in [1.54, 1.807) is 31.2 Å². The summed E-state index contributed by atoms with van der Waals surface area (Å²) < 4.78 is 1.15. The monoisotopic (exact) mass is 294 g/mol. The first kappa shape index (κ1) is 14.1. The van der Waals surface area contributed by atoms with Gasteiger partial charge in [0.2, 0.25) is 0 Å². The van der Waals surface area contributed by atoms with Gasteiger partial charge in [0.05, 0.1) is 6.04 Å². The molecule has 0 aliphatic carbocycles. The van der Waals surface area contributed by atoms with Gasteiger partial charge in [-0.25, -0.2) is 9.59 Å². The van der Waals surface area contributed by atoms with Crippen LogP contribution in [0.4, 0.5) is 0 Å². The second-order valence-electron chi connectivity index (χ2n) is 4.25. The average molecular weight is 295 g/mol. The minimum absolute atomic E-state index is 0.462. The van der Waals surface area contributed by atoms with Crippen LogP contribution in [0.2, 0.25) is 5.02 Å². The molecule has 0 amide bonds. The van der Waals surface area contributed by atoms with Gasteiger partial charge in [0.1, 0.15) is 5.56 Å². The van der Waals surface area contributed by atoms with Gasteiger partial charge in [-0.1, -0.05) is 23.7 Å². The Hall–Kier alpha value is -2.34. The van der Waals surface area contributed by atoms with E-state index in [0.29, 0.717) is 5.02 Å². The van der Waals surface area contributed by atoms with Crippen molar-refractivity contribution in [2.24, 2.45) is 0 Å². The molecular weight excluding hydrogens is 284 g/mol. The maximum Gasteiger partial charge on any atom is 0.342 e. The van der Waals surface area contributed by atoms with Crippen molar-refractivity contribution in [3.63, 3.8) is 0 Å². The summed E-state index contributed by atoms with van der Waals surface area (Å²) in [7, 11) is 0. The van der Waals surface area contributed by atoms with Gasteiger partial charge in [-0.3, -0.25) is 14.3 Å². The van der Waals surface area contributed by atoms with Gasteiger partial charge in [0, 0.05) is 11.2 Å². The van der Waals surface area contributed by atoms with Crippen molar-refractivity contribution in [3.05, 3.63) is 67.4 Å². The second kappa shape index (κ2) is 5.34. The summed E-state index contributed by atoms with van der Waals surface area (Å²) in [5, 5.41) is 9.43. The molecule has 1 heterocycles. The minimum Gasteiger partial charge on any atom is -0.477 e. The van der Waals surface area contributed by atoms with Crippen LogP contribution in [0.1, 0.15) is 28.9 Å². The van der Waals surface area contributed by atoms with Gasteiger partial charge in [0.25, 0.3) is 5.56 Å². The predicted octanol–water partition coefficient (Wildman–Crippen LogP) is 1.50. The summed E-state index contributed by atoms with van der Waals surface area (Å²) in [4.78, 5) is 36.1. The molecule has 0 bridgehead atoms. The third-order valence-electron chi connectivity index (χ3n) is 2.95. The Morgan fingerprint density at radius 3 is 2.70 bits per heavy atom. The van der Waals surface area contributed by atoms with Gasteiger partial charge in [-0.15, -0.1) is 0 Å². The first-order valence-corrected chi connectivity index (χ1v) is 6.12. The van der Waals surface area contributed by atoms with Crippen LogP contribution in [-0.2, 0) is 0 Å². The number of nitrogens with one attached hydrogen (secondary N) is 1. The van der Waals surface area contributed by atoms with E-state index in [4.69, 9.17) is 16.7 Å². The van der Waals surface area contributed by atoms with Crippen molar-refractivity contribution in [1.82, 2.24) is 9.55 Å². The quantitative estimate of drug-likeness (QED) is 0.897. The smallest absolute Gasteiger partial charge is 0.342 e. The fraction of sp³-hybridized carbons (Fsp3) is 0.154. The van der Waals surface area contributed by atoms with Crippen LogP contribution in [0, 0.1) is 0 Å². The van der Waals surface area contributed by atoms with E-state index < -0.39 is 28.8 Å². The van der Waals surface area contributed by atoms with E-state index in [2.05, 4.69) is 0 Å². The largest absolute Gasteiger partial charge is 0.477 e. The minimum atomic E-state index is -1.39. The maximum absolute atomic E-state index is 11.8. The molecule has 104 valence electrons. The van der Waals surface area contributed by atoms with Crippen molar-refractivity contribution in [3.8, 4) is 0 Å². The molecule has 0 aliphatic heterocycles. The molecule has 2 rings (SSSR count). The van der Waals surface area contributed by atoms with Crippen molar-refractivity contribution >= 4 is 17.6 Å². The number of aromatic carboxylic acids is 1. The zero-order valence-electron chi connectivity index (χ0n) is 10.5. The molecule has 2 aromatic rings. The normalized spacial score (nSPS) is 12.1. The summed E-state index contributed by atoms with van der Waals surface area (Å²) >= 11 is 5.88. The van der Waals surface area contributed by atoms with Crippen LogP contribution in [-0.4, -0.2) is 20.6 Å². The van der Waals surface area contributed by atoms with E-state index in [1.165, 1.54) is 0 Å². The average Bonchev–Trinajstić information content (AvgIpc) is 2.37. The molecule has 0 saturated heterocycles. The molecule has 1 aromatic heterocycles. The molecule has 0 saturated carbocycles. The molecular formula is C13H11ClN2O4. The Balaban J connectivity index is 2.58. The molecule has 1 unspecified atom stereocenters. The first-order chi connectivity index (χ1) is 9.40. The molecule has 6 nitrogen and oxygen atoms in total. The van der Waals surface area contributed by atoms with Crippen LogP contribution in [0.5, 0.6) is 0 Å². The van der Waals surface area contributed by atoms with Crippen LogP contribution in [0.15, 0.2) is 40.1 Å². The zero-order valence-corrected chi connectivity index (χ0v) is 11.2. The van der Waals surface area contributed by atoms with Crippen LogP contribution in [0.3, 0.4) is 0 Å². The molecule has 1 aromatic carbocycles. The van der Waals surface area contributed by atoms with Crippen molar-refractivity contribution < 1.29 is 9.90 Å². The number of aromatic amines is 1. The maximum atomic E-state index is 11.8. The van der Waals surface area contributed by atoms with E-state index in [9.17, 15) is 14.4 Å². The third kappa shape index (κ3) is 2.65. The molecule has 0 radical (unpaired) electrons. The fourth-order valence-corrected chi connectivity index (χ4v) is 2.05. The Morgan fingerprint density at radius 2 is 2.10 bits per heavy atom. The van der Waals surface area contributed by atoms with Crippen molar-refractivity contribution in [2.75, 3.05) is 0 Å². The summed E-state index contributed by atoms with van der Waals surface area (Å²) in [5.41, 5.74) is -1.36. The predicted molar refractivity (Wildman–Crippen MR) is 73.5 cm³/mol. The number of carbonyl (C=O) groups is 1. The van der Waals surface area contributed by atoms with Gasteiger partial charge in [0.15, 0.2) is 0 Å². The third-order valence-corrected chi connectivity index (χ3v) is 3.18. The lowest BCUT2D eigenvalue weighted by Gasteiger charge is -2.15. The molecule has 0 aliphatic rings. The van der Waals surface area contributed by atoms with Crippen LogP contribution < -0.4 is 11.2 Å². The topological polar surface area (TPSA) is 92.2 Å². The number of nitrogens with zero attached hydrogens (tertiary/aromatic N) is 1. The molecule has 20 heavy (non-hydrogen) atoms. The summed E-state index contributed by atoms with van der Waals surface area (Å²) in [6.07, 6.45) is 1.04. The number of carboxylic acid groups (broad SMARTS) is 1. The SMILES string of the molecule is CC(c1cccc(Cl)c1)n1cc(C(=O)O)c(=O)[nH]c1=O. The number of hydrogen-bond acceptors (Lipinski definition) is 3. The van der Waals surface area contributed by atoms with Crippen LogP contribution >= 0.6 is 11.6 Å². The highest BCUT2D eigenvalue weighted by Crippen LogP contribution is 2.19. The lowest BCUT2D eigenvalue weighted by atomic mass is 10.1. The van der Waals surface area contributed by atoms with Gasteiger partial charge in [-0.2, -0.15) is 0 Å². The highest BCUT2D eigenvalue weighted by Gasteiger charge is 2.16. The fourth-order valence-electron chi connectivity index (χ4n) is 1.85. The van der Waals surface area contributed by atoms with Gasteiger partial charge in [-0.05, 0) is 24.6 Å². The summed E-state index contributed by atoms with van der Waals surface area (Å²) in [6, 6.07) is 6.38. The Labute approximate surface area is 118 Å². The van der Waals surface area contributed by atoms with E-state index in [1.807, 2.05) is 4.98 Å². The molecule has 0 fully saturated rings. The number of carboxylic acids is 1. The highest BCUT2D eigenvalue weighted by atomic mass is 35.5. The molecule has 0 spiro atoms. The van der Waals surface area contributed by atoms with Crippen molar-refractivity contribution in [2.45, 2.75) is 13.0 Å². The molecule has 1 atom stereocenters. The first-order valence-electron chi connectivity index (χ1n) is 5.74. The summed E-state index contributed by atoms with van der Waals surface area (Å²) in [6.45, 7) is 1.71. The molecule has 7 heteroatoms. The lowest BCUT2D eigenvalue weighted by Crippen LogP contribution is -2.35. The van der Waals surface area contributed by atoms with E-state index in [0.717, 1.165) is 16.3 Å². The Kier molecular flexibility index (Phi) is 3.76. The molecule has 2 N–H and O–H groups in total. The van der Waals surface area contributed by atoms with Gasteiger partial charge >= 0.3 is 11.7 Å². The lowest BCUT2D eigenvalue weighted by molar-refractivity contribution is 0.0693. The standard InChI is InChI=1S/C13H11ClN2O4/c1-7(8-3-2-4-9(14)5-8)16-6-10(12(18)19)11(17)15-13(16)20/h2-7H,1H3,(H,18,19)(H,15,17,20). The van der Waals surface area contributed by atoms with Crippen LogP contribution in [0.25, 0.3) is 0 Å². The van der Waals surface area contributed by atoms with Gasteiger partial charge < -0.3 is 5.11 Å². The zero-order chi connectivity index (χ0) is 14.9.